The molecule has 0 unspecified atom stereocenters. The molecular weight excluding hydrogens is 297 g/mol. The van der Waals surface area contributed by atoms with Gasteiger partial charge in [-0.2, -0.15) is 4.31 Å². The highest BCUT2D eigenvalue weighted by molar-refractivity contribution is 7.89. The number of carbonyl (C=O) groups excluding carboxylic acids is 1. The molecule has 0 radical (unpaired) electrons. The van der Waals surface area contributed by atoms with E-state index in [2.05, 4.69) is 4.74 Å². The first-order valence-corrected chi connectivity index (χ1v) is 8.01. The predicted octanol–water partition coefficient (Wildman–Crippen LogP) is 2.02. The summed E-state index contributed by atoms with van der Waals surface area (Å²) in [6.45, 7) is 4.71. The number of esters is 1. The van der Waals surface area contributed by atoms with Gasteiger partial charge < -0.3 is 4.74 Å². The fourth-order valence-electron chi connectivity index (χ4n) is 2.18. The summed E-state index contributed by atoms with van der Waals surface area (Å²) in [4.78, 5) is 11.5. The highest BCUT2D eigenvalue weighted by Gasteiger charge is 2.29. The smallest absolute Gasteiger partial charge is 0.321 e. The van der Waals surface area contributed by atoms with Gasteiger partial charge in [-0.1, -0.05) is 6.92 Å². The molecule has 0 spiro atoms. The highest BCUT2D eigenvalue weighted by Crippen LogP contribution is 2.25. The molecule has 0 amide bonds. The van der Waals surface area contributed by atoms with E-state index >= 15 is 0 Å². The first-order valence-electron chi connectivity index (χ1n) is 6.57. The van der Waals surface area contributed by atoms with Gasteiger partial charge in [0.15, 0.2) is 0 Å². The number of nitrogens with zero attached hydrogens (tertiary/aromatic N) is 1. The largest absolute Gasteiger partial charge is 0.468 e. The third kappa shape index (κ3) is 4.01. The molecule has 0 saturated carbocycles. The minimum atomic E-state index is -3.88. The van der Waals surface area contributed by atoms with Gasteiger partial charge in [-0.3, -0.25) is 4.79 Å². The normalized spacial score (nSPS) is 11.7. The second kappa shape index (κ2) is 7.00. The maximum Gasteiger partial charge on any atom is 0.321 e. The molecule has 1 rings (SSSR count). The molecule has 1 aromatic rings. The lowest BCUT2D eigenvalue weighted by molar-refractivity contribution is -0.140. The molecule has 0 N–H and O–H groups in total. The fraction of sp³-hybridized carbons (Fsp3) is 0.500. The van der Waals surface area contributed by atoms with E-state index in [1.807, 2.05) is 6.92 Å². The number of hydrogen-bond acceptors (Lipinski definition) is 4. The minimum Gasteiger partial charge on any atom is -0.468 e. The van der Waals surface area contributed by atoms with E-state index in [-0.39, 0.29) is 18.0 Å². The van der Waals surface area contributed by atoms with Gasteiger partial charge in [0.25, 0.3) is 0 Å². The zero-order valence-electron chi connectivity index (χ0n) is 12.6. The number of carbonyl (C=O) groups is 1. The lowest BCUT2D eigenvalue weighted by Gasteiger charge is -2.22. The Balaban J connectivity index is 3.32. The van der Waals surface area contributed by atoms with Crippen LogP contribution in [0, 0.1) is 19.7 Å². The molecule has 0 aliphatic rings. The van der Waals surface area contributed by atoms with Crippen molar-refractivity contribution in [2.24, 2.45) is 0 Å². The molecule has 118 valence electrons. The van der Waals surface area contributed by atoms with Crippen molar-refractivity contribution < 1.29 is 22.3 Å². The van der Waals surface area contributed by atoms with E-state index in [4.69, 9.17) is 0 Å². The first-order chi connectivity index (χ1) is 9.73. The topological polar surface area (TPSA) is 63.7 Å². The van der Waals surface area contributed by atoms with Crippen LogP contribution in [0.5, 0.6) is 0 Å². The minimum absolute atomic E-state index is 0.0428. The van der Waals surface area contributed by atoms with Crippen molar-refractivity contribution in [1.29, 1.82) is 0 Å². The molecule has 0 heterocycles. The van der Waals surface area contributed by atoms with Crippen molar-refractivity contribution >= 4 is 16.0 Å². The second-order valence-electron chi connectivity index (χ2n) is 4.78. The van der Waals surface area contributed by atoms with Crippen LogP contribution in [0.1, 0.15) is 24.5 Å². The van der Waals surface area contributed by atoms with Crippen LogP contribution in [0.15, 0.2) is 17.0 Å². The Morgan fingerprint density at radius 1 is 1.29 bits per heavy atom. The van der Waals surface area contributed by atoms with Gasteiger partial charge in [0.1, 0.15) is 12.4 Å². The molecular formula is C14H20FNO4S. The van der Waals surface area contributed by atoms with E-state index in [0.29, 0.717) is 17.5 Å². The zero-order valence-corrected chi connectivity index (χ0v) is 13.5. The number of benzene rings is 1. The summed E-state index contributed by atoms with van der Waals surface area (Å²) in [5.41, 5.74) is 0.636. The highest BCUT2D eigenvalue weighted by atomic mass is 32.2. The maximum absolute atomic E-state index is 13.3. The van der Waals surface area contributed by atoms with Crippen LogP contribution in [0.2, 0.25) is 0 Å². The summed E-state index contributed by atoms with van der Waals surface area (Å²) in [6.07, 6.45) is 0.551. The van der Waals surface area contributed by atoms with Crippen LogP contribution in [0.3, 0.4) is 0 Å². The number of ether oxygens (including phenoxy) is 1. The molecule has 0 saturated heterocycles. The van der Waals surface area contributed by atoms with Crippen LogP contribution in [0.25, 0.3) is 0 Å². The van der Waals surface area contributed by atoms with E-state index in [0.717, 1.165) is 4.31 Å². The third-order valence-corrected chi connectivity index (χ3v) is 5.18. The predicted molar refractivity (Wildman–Crippen MR) is 76.9 cm³/mol. The molecule has 0 bridgehead atoms. The summed E-state index contributed by atoms with van der Waals surface area (Å²) in [6, 6.07) is 2.34. The molecule has 7 heteroatoms. The van der Waals surface area contributed by atoms with E-state index in [1.165, 1.54) is 33.1 Å². The second-order valence-corrected chi connectivity index (χ2v) is 6.66. The maximum atomic E-state index is 13.3. The van der Waals surface area contributed by atoms with E-state index in [1.54, 1.807) is 0 Å². The molecule has 1 aromatic carbocycles. The zero-order chi connectivity index (χ0) is 16.2. The standard InChI is InChI=1S/C14H20FNO4S/c1-5-6-16(9-13(17)20-4)21(18,19)14-10(2)7-12(15)8-11(14)3/h7-8H,5-6,9H2,1-4H3. The van der Waals surface area contributed by atoms with Crippen LogP contribution >= 0.6 is 0 Å². The SMILES string of the molecule is CCCN(CC(=O)OC)S(=O)(=O)c1c(C)cc(F)cc1C. The van der Waals surface area contributed by atoms with Crippen molar-refractivity contribution in [1.82, 2.24) is 4.31 Å². The van der Waals surface area contributed by atoms with Gasteiger partial charge >= 0.3 is 5.97 Å². The lowest BCUT2D eigenvalue weighted by Crippen LogP contribution is -2.37. The Bertz CT molecular complexity index is 605. The van der Waals surface area contributed by atoms with Gasteiger partial charge in [0.05, 0.1) is 12.0 Å². The average Bonchev–Trinajstić information content (AvgIpc) is 2.36. The summed E-state index contributed by atoms with van der Waals surface area (Å²) in [7, 11) is -2.68. The Morgan fingerprint density at radius 3 is 2.24 bits per heavy atom. The fourth-order valence-corrected chi connectivity index (χ4v) is 4.06. The molecule has 0 aromatic heterocycles. The Kier molecular flexibility index (Phi) is 5.86. The molecule has 0 aliphatic carbocycles. The van der Waals surface area contributed by atoms with Crippen molar-refractivity contribution in [3.63, 3.8) is 0 Å². The van der Waals surface area contributed by atoms with Crippen molar-refractivity contribution in [3.8, 4) is 0 Å². The Morgan fingerprint density at radius 2 is 1.81 bits per heavy atom. The number of rotatable bonds is 6. The Labute approximate surface area is 124 Å². The van der Waals surface area contributed by atoms with Crippen LogP contribution in [-0.4, -0.2) is 38.9 Å². The first kappa shape index (κ1) is 17.6. The molecule has 0 aliphatic heterocycles. The summed E-state index contributed by atoms with van der Waals surface area (Å²) < 4.78 is 44.4. The quantitative estimate of drug-likeness (QED) is 0.753. The van der Waals surface area contributed by atoms with Gasteiger partial charge in [-0.15, -0.1) is 0 Å². The van der Waals surface area contributed by atoms with Gasteiger partial charge in [0.2, 0.25) is 10.0 Å². The number of halogens is 1. The molecule has 21 heavy (non-hydrogen) atoms. The Hall–Kier alpha value is -1.47. The van der Waals surface area contributed by atoms with Crippen molar-refractivity contribution in [2.75, 3.05) is 20.2 Å². The number of hydrogen-bond donors (Lipinski definition) is 0. The summed E-state index contributed by atoms with van der Waals surface area (Å²) in [5.74, 6) is -1.12. The van der Waals surface area contributed by atoms with Crippen LogP contribution < -0.4 is 0 Å². The van der Waals surface area contributed by atoms with E-state index in [9.17, 15) is 17.6 Å². The van der Waals surface area contributed by atoms with Gasteiger partial charge in [0, 0.05) is 6.54 Å². The van der Waals surface area contributed by atoms with Crippen LogP contribution in [0.4, 0.5) is 4.39 Å². The third-order valence-electron chi connectivity index (χ3n) is 3.03. The van der Waals surface area contributed by atoms with Crippen LogP contribution in [-0.2, 0) is 19.6 Å². The van der Waals surface area contributed by atoms with Crippen molar-refractivity contribution in [2.45, 2.75) is 32.1 Å². The molecule has 0 fully saturated rings. The molecule has 0 atom stereocenters. The molecule has 5 nitrogen and oxygen atoms in total. The number of methoxy groups -OCH3 is 1. The van der Waals surface area contributed by atoms with E-state index < -0.39 is 21.8 Å². The summed E-state index contributed by atoms with van der Waals surface area (Å²) >= 11 is 0. The van der Waals surface area contributed by atoms with Gasteiger partial charge in [-0.25, -0.2) is 12.8 Å². The number of aryl methyl sites for hydroxylation is 2. The number of sulfonamides is 1. The van der Waals surface area contributed by atoms with Crippen molar-refractivity contribution in [3.05, 3.63) is 29.1 Å². The summed E-state index contributed by atoms with van der Waals surface area (Å²) in [5, 5.41) is 0. The average molecular weight is 317 g/mol. The lowest BCUT2D eigenvalue weighted by atomic mass is 10.1. The monoisotopic (exact) mass is 317 g/mol. The van der Waals surface area contributed by atoms with Gasteiger partial charge in [-0.05, 0) is 43.5 Å².